The number of aromatic nitrogens is 1. The molecule has 0 unspecified atom stereocenters. The van der Waals surface area contributed by atoms with Crippen molar-refractivity contribution in [2.75, 3.05) is 6.61 Å². The molecular formula is C23H20BrClFNO3. The van der Waals surface area contributed by atoms with Crippen molar-refractivity contribution in [1.82, 2.24) is 4.57 Å². The highest BCUT2D eigenvalue weighted by atomic mass is 79.9. The molecule has 0 radical (unpaired) electrons. The lowest BCUT2D eigenvalue weighted by Crippen LogP contribution is -2.26. The van der Waals surface area contributed by atoms with Crippen LogP contribution in [0.2, 0.25) is 5.02 Å². The van der Waals surface area contributed by atoms with Crippen LogP contribution in [0.4, 0.5) is 4.39 Å². The molecule has 0 amide bonds. The smallest absolute Gasteiger partial charge is 0.344 e. The average molecular weight is 493 g/mol. The Hall–Kier alpha value is -2.44. The summed E-state index contributed by atoms with van der Waals surface area (Å²) in [5, 5.41) is 0.541. The van der Waals surface area contributed by atoms with Gasteiger partial charge >= 0.3 is 5.97 Å². The molecule has 1 aromatic heterocycles. The minimum atomic E-state index is -0.738. The second-order valence-corrected chi connectivity index (χ2v) is 7.90. The van der Waals surface area contributed by atoms with Gasteiger partial charge in [-0.05, 0) is 66.5 Å². The van der Waals surface area contributed by atoms with Crippen LogP contribution >= 0.6 is 27.5 Å². The number of pyridine rings is 1. The van der Waals surface area contributed by atoms with Gasteiger partial charge in [-0.3, -0.25) is 4.79 Å². The third-order valence-electron chi connectivity index (χ3n) is 4.85. The Morgan fingerprint density at radius 3 is 2.33 bits per heavy atom. The van der Waals surface area contributed by atoms with Gasteiger partial charge in [0.05, 0.1) is 16.8 Å². The molecule has 0 aliphatic rings. The van der Waals surface area contributed by atoms with Crippen molar-refractivity contribution in [1.29, 1.82) is 0 Å². The molecule has 3 aromatic rings. The largest absolute Gasteiger partial charge is 0.462 e. The first-order valence-electron chi connectivity index (χ1n) is 9.46. The molecule has 7 heteroatoms. The first-order chi connectivity index (χ1) is 14.3. The van der Waals surface area contributed by atoms with Crippen LogP contribution in [0.3, 0.4) is 0 Å². The van der Waals surface area contributed by atoms with Crippen molar-refractivity contribution < 1.29 is 13.9 Å². The number of nitrogens with zero attached hydrogens (tertiary/aromatic N) is 1. The number of carbonyl (C=O) groups excluding carboxylic acids is 1. The van der Waals surface area contributed by atoms with E-state index in [0.717, 1.165) is 0 Å². The zero-order chi connectivity index (χ0) is 22.0. The topological polar surface area (TPSA) is 48.3 Å². The molecule has 0 spiro atoms. The fourth-order valence-electron chi connectivity index (χ4n) is 3.52. The van der Waals surface area contributed by atoms with Crippen LogP contribution in [0, 0.1) is 12.7 Å². The van der Waals surface area contributed by atoms with Gasteiger partial charge in [-0.15, -0.1) is 0 Å². The number of ether oxygens (including phenoxy) is 1. The molecule has 0 saturated carbocycles. The van der Waals surface area contributed by atoms with E-state index in [-0.39, 0.29) is 12.2 Å². The molecule has 0 saturated heterocycles. The maximum absolute atomic E-state index is 14.3. The van der Waals surface area contributed by atoms with Crippen molar-refractivity contribution in [2.45, 2.75) is 27.3 Å². The lowest BCUT2D eigenvalue weighted by Gasteiger charge is -2.22. The second-order valence-electron chi connectivity index (χ2n) is 6.61. The molecule has 0 aliphatic carbocycles. The molecule has 0 fully saturated rings. The van der Waals surface area contributed by atoms with E-state index < -0.39 is 17.2 Å². The van der Waals surface area contributed by atoms with Crippen LogP contribution in [-0.4, -0.2) is 17.1 Å². The fraction of sp³-hybridized carbons (Fsp3) is 0.217. The summed E-state index contributed by atoms with van der Waals surface area (Å²) in [6.07, 6.45) is 0. The van der Waals surface area contributed by atoms with Gasteiger partial charge in [-0.25, -0.2) is 9.18 Å². The minimum Gasteiger partial charge on any atom is -0.462 e. The van der Waals surface area contributed by atoms with Crippen LogP contribution < -0.4 is 5.43 Å². The first kappa shape index (κ1) is 22.2. The highest BCUT2D eigenvalue weighted by Crippen LogP contribution is 2.31. The molecular weight excluding hydrogens is 473 g/mol. The average Bonchev–Trinajstić information content (AvgIpc) is 2.71. The molecule has 156 valence electrons. The van der Waals surface area contributed by atoms with E-state index in [9.17, 15) is 14.0 Å². The van der Waals surface area contributed by atoms with E-state index in [2.05, 4.69) is 15.9 Å². The number of carbonyl (C=O) groups is 1. The van der Waals surface area contributed by atoms with Crippen molar-refractivity contribution in [2.24, 2.45) is 0 Å². The van der Waals surface area contributed by atoms with Crippen LogP contribution in [0.15, 0.2) is 51.7 Å². The lowest BCUT2D eigenvalue weighted by atomic mass is 9.96. The van der Waals surface area contributed by atoms with Gasteiger partial charge in [-0.1, -0.05) is 29.8 Å². The van der Waals surface area contributed by atoms with E-state index >= 15 is 0 Å². The van der Waals surface area contributed by atoms with Crippen molar-refractivity contribution in [3.63, 3.8) is 0 Å². The molecule has 0 N–H and O–H groups in total. The fourth-order valence-corrected chi connectivity index (χ4v) is 3.90. The Balaban J connectivity index is 2.44. The number of benzene rings is 2. The molecule has 30 heavy (non-hydrogen) atoms. The zero-order valence-electron chi connectivity index (χ0n) is 16.8. The molecule has 0 bridgehead atoms. The summed E-state index contributed by atoms with van der Waals surface area (Å²) in [4.78, 5) is 26.4. The molecule has 3 rings (SSSR count). The Morgan fingerprint density at radius 1 is 1.13 bits per heavy atom. The predicted molar refractivity (Wildman–Crippen MR) is 121 cm³/mol. The minimum absolute atomic E-state index is 0.114. The number of esters is 1. The highest BCUT2D eigenvalue weighted by Gasteiger charge is 2.27. The van der Waals surface area contributed by atoms with Crippen LogP contribution in [0.25, 0.3) is 22.4 Å². The molecule has 2 aromatic carbocycles. The maximum Gasteiger partial charge on any atom is 0.344 e. The van der Waals surface area contributed by atoms with E-state index in [1.807, 2.05) is 18.4 Å². The number of rotatable bonds is 5. The summed E-state index contributed by atoms with van der Waals surface area (Å²) in [6.45, 7) is 5.96. The Morgan fingerprint density at radius 2 is 1.77 bits per heavy atom. The third-order valence-corrected chi connectivity index (χ3v) is 5.74. The van der Waals surface area contributed by atoms with Gasteiger partial charge in [0.15, 0.2) is 0 Å². The maximum atomic E-state index is 14.3. The molecule has 1 heterocycles. The second kappa shape index (κ2) is 9.14. The summed E-state index contributed by atoms with van der Waals surface area (Å²) in [5.74, 6) is -1.23. The summed E-state index contributed by atoms with van der Waals surface area (Å²) < 4.78 is 21.6. The molecule has 0 atom stereocenters. The first-order valence-corrected chi connectivity index (χ1v) is 10.6. The normalized spacial score (nSPS) is 10.9. The van der Waals surface area contributed by atoms with Gasteiger partial charge in [0.1, 0.15) is 11.4 Å². The van der Waals surface area contributed by atoms with Gasteiger partial charge in [0.2, 0.25) is 5.43 Å². The number of halogens is 3. The summed E-state index contributed by atoms with van der Waals surface area (Å²) in [6, 6.07) is 11.4. The zero-order valence-corrected chi connectivity index (χ0v) is 19.1. The van der Waals surface area contributed by atoms with Crippen molar-refractivity contribution in [3.8, 4) is 22.4 Å². The SMILES string of the molecule is CCOC(=O)c1c(-c2ccc(Br)c(F)c2)n(CC)c(C)c(-c2ccc(Cl)cc2)c1=O. The standard InChI is InChI=1S/C23H20BrClFNO3/c1-4-27-13(3)19(14-6-9-16(25)10-7-14)22(28)20(23(29)30-5-2)21(27)15-8-11-17(24)18(26)12-15/h6-12H,4-5H2,1-3H3. The Bertz CT molecular complexity index is 1170. The summed E-state index contributed by atoms with van der Waals surface area (Å²) in [5.41, 5.74) is 1.87. The highest BCUT2D eigenvalue weighted by molar-refractivity contribution is 9.10. The number of hydrogen-bond acceptors (Lipinski definition) is 3. The van der Waals surface area contributed by atoms with Crippen molar-refractivity contribution >= 4 is 33.5 Å². The Kier molecular flexibility index (Phi) is 6.78. The van der Waals surface area contributed by atoms with E-state index in [4.69, 9.17) is 16.3 Å². The van der Waals surface area contributed by atoms with Crippen LogP contribution in [0.5, 0.6) is 0 Å². The molecule has 0 aliphatic heterocycles. The monoisotopic (exact) mass is 491 g/mol. The third kappa shape index (κ3) is 4.07. The van der Waals surface area contributed by atoms with Gasteiger partial charge < -0.3 is 9.30 Å². The van der Waals surface area contributed by atoms with Gasteiger partial charge in [0.25, 0.3) is 0 Å². The van der Waals surface area contributed by atoms with E-state index in [1.54, 1.807) is 43.3 Å². The van der Waals surface area contributed by atoms with Gasteiger partial charge in [-0.2, -0.15) is 0 Å². The van der Waals surface area contributed by atoms with Crippen LogP contribution in [0.1, 0.15) is 29.9 Å². The lowest BCUT2D eigenvalue weighted by molar-refractivity contribution is 0.0525. The van der Waals surface area contributed by atoms with E-state index in [0.29, 0.717) is 44.1 Å². The summed E-state index contributed by atoms with van der Waals surface area (Å²) >= 11 is 9.14. The predicted octanol–water partition coefficient (Wildman–Crippen LogP) is 6.24. The van der Waals surface area contributed by atoms with Gasteiger partial charge in [0, 0.05) is 28.4 Å². The van der Waals surface area contributed by atoms with Crippen molar-refractivity contribution in [3.05, 3.63) is 79.3 Å². The quantitative estimate of drug-likeness (QED) is 0.396. The summed E-state index contributed by atoms with van der Waals surface area (Å²) in [7, 11) is 0. The van der Waals surface area contributed by atoms with E-state index in [1.165, 1.54) is 6.07 Å². The van der Waals surface area contributed by atoms with Crippen LogP contribution in [-0.2, 0) is 11.3 Å². The Labute approximate surface area is 187 Å². The molecule has 4 nitrogen and oxygen atoms in total. The number of hydrogen-bond donors (Lipinski definition) is 0.